The van der Waals surface area contributed by atoms with E-state index in [2.05, 4.69) is 36.5 Å². The monoisotopic (exact) mass is 280 g/mol. The molecule has 0 saturated carbocycles. The largest absolute Gasteiger partial charge is 0.478 e. The average Bonchev–Trinajstić information content (AvgIpc) is 2.53. The number of hydrogen-bond acceptors (Lipinski definition) is 3. The molecule has 0 amide bonds. The first-order valence-electron chi connectivity index (χ1n) is 7.24. The van der Waals surface area contributed by atoms with E-state index in [1.165, 1.54) is 5.56 Å². The Bertz CT molecular complexity index is 599. The Labute approximate surface area is 126 Å². The van der Waals surface area contributed by atoms with E-state index < -0.39 is 0 Å². The van der Waals surface area contributed by atoms with E-state index in [4.69, 9.17) is 10.00 Å². The number of hydrogen-bond donors (Lipinski definition) is 1. The van der Waals surface area contributed by atoms with Crippen LogP contribution in [0.2, 0.25) is 0 Å². The van der Waals surface area contributed by atoms with Crippen LogP contribution in [0.15, 0.2) is 48.5 Å². The van der Waals surface area contributed by atoms with Crippen LogP contribution in [0.3, 0.4) is 0 Å². The number of nitriles is 1. The first kappa shape index (κ1) is 14.9. The molecule has 108 valence electrons. The highest BCUT2D eigenvalue weighted by Crippen LogP contribution is 2.20. The van der Waals surface area contributed by atoms with E-state index >= 15 is 0 Å². The van der Waals surface area contributed by atoms with Gasteiger partial charge in [0.2, 0.25) is 0 Å². The maximum atomic E-state index is 8.61. The molecular weight excluding hydrogens is 260 g/mol. The predicted octanol–water partition coefficient (Wildman–Crippen LogP) is 4.15. The van der Waals surface area contributed by atoms with Crippen molar-refractivity contribution >= 4 is 5.69 Å². The van der Waals surface area contributed by atoms with Gasteiger partial charge in [-0.25, -0.2) is 0 Å². The molecule has 2 rings (SSSR count). The number of benzene rings is 2. The van der Waals surface area contributed by atoms with Gasteiger partial charge in [0.1, 0.15) is 11.8 Å². The van der Waals surface area contributed by atoms with Crippen LogP contribution in [0.4, 0.5) is 5.69 Å². The second-order valence-electron chi connectivity index (χ2n) is 4.85. The van der Waals surface area contributed by atoms with Gasteiger partial charge in [-0.15, -0.1) is 0 Å². The first-order chi connectivity index (χ1) is 10.3. The van der Waals surface area contributed by atoms with E-state index in [0.717, 1.165) is 29.8 Å². The molecule has 0 bridgehead atoms. The molecule has 3 heteroatoms. The smallest absolute Gasteiger partial charge is 0.174 e. The zero-order chi connectivity index (χ0) is 14.9. The SMILES string of the molecule is CCCc1ccc(NCc2ccccc2OCC#N)cc1. The van der Waals surface area contributed by atoms with Crippen LogP contribution in [-0.2, 0) is 13.0 Å². The van der Waals surface area contributed by atoms with E-state index in [-0.39, 0.29) is 6.61 Å². The molecule has 2 aromatic rings. The lowest BCUT2D eigenvalue weighted by atomic mass is 10.1. The van der Waals surface area contributed by atoms with Crippen molar-refractivity contribution in [2.75, 3.05) is 11.9 Å². The summed E-state index contributed by atoms with van der Waals surface area (Å²) in [4.78, 5) is 0. The van der Waals surface area contributed by atoms with Crippen molar-refractivity contribution in [1.82, 2.24) is 0 Å². The van der Waals surface area contributed by atoms with Crippen molar-refractivity contribution in [3.8, 4) is 11.8 Å². The standard InChI is InChI=1S/C18H20N2O/c1-2-5-15-8-10-17(11-9-15)20-14-16-6-3-4-7-18(16)21-13-12-19/h3-4,6-11,20H,2,5,13-14H2,1H3. The Morgan fingerprint density at radius 2 is 1.86 bits per heavy atom. The van der Waals surface area contributed by atoms with Crippen molar-refractivity contribution < 1.29 is 4.74 Å². The molecule has 0 radical (unpaired) electrons. The zero-order valence-corrected chi connectivity index (χ0v) is 12.3. The Hall–Kier alpha value is -2.47. The molecule has 0 saturated heterocycles. The number of para-hydroxylation sites is 1. The van der Waals surface area contributed by atoms with Gasteiger partial charge in [0, 0.05) is 17.8 Å². The number of aryl methyl sites for hydroxylation is 1. The van der Waals surface area contributed by atoms with Gasteiger partial charge in [-0.05, 0) is 30.2 Å². The zero-order valence-electron chi connectivity index (χ0n) is 12.3. The van der Waals surface area contributed by atoms with Gasteiger partial charge in [0.25, 0.3) is 0 Å². The highest BCUT2D eigenvalue weighted by atomic mass is 16.5. The van der Waals surface area contributed by atoms with Crippen LogP contribution in [-0.4, -0.2) is 6.61 Å². The summed E-state index contributed by atoms with van der Waals surface area (Å²) in [5, 5.41) is 12.0. The molecule has 1 N–H and O–H groups in total. The minimum absolute atomic E-state index is 0.0722. The van der Waals surface area contributed by atoms with Gasteiger partial charge >= 0.3 is 0 Å². The van der Waals surface area contributed by atoms with E-state index in [0.29, 0.717) is 6.54 Å². The van der Waals surface area contributed by atoms with Crippen LogP contribution in [0.25, 0.3) is 0 Å². The molecule has 0 aliphatic rings. The molecular formula is C18H20N2O. The molecule has 0 aromatic heterocycles. The van der Waals surface area contributed by atoms with E-state index in [1.807, 2.05) is 30.3 Å². The third kappa shape index (κ3) is 4.54. The number of nitrogens with one attached hydrogen (secondary N) is 1. The molecule has 0 fully saturated rings. The molecule has 21 heavy (non-hydrogen) atoms. The second kappa shape index (κ2) is 7.96. The van der Waals surface area contributed by atoms with Gasteiger partial charge < -0.3 is 10.1 Å². The van der Waals surface area contributed by atoms with Crippen molar-refractivity contribution in [2.24, 2.45) is 0 Å². The van der Waals surface area contributed by atoms with Crippen molar-refractivity contribution in [2.45, 2.75) is 26.3 Å². The van der Waals surface area contributed by atoms with Crippen LogP contribution in [0, 0.1) is 11.3 Å². The maximum Gasteiger partial charge on any atom is 0.174 e. The molecule has 0 spiro atoms. The van der Waals surface area contributed by atoms with Crippen LogP contribution < -0.4 is 10.1 Å². The second-order valence-corrected chi connectivity index (χ2v) is 4.85. The van der Waals surface area contributed by atoms with E-state index in [9.17, 15) is 0 Å². The average molecular weight is 280 g/mol. The van der Waals surface area contributed by atoms with Crippen molar-refractivity contribution in [3.05, 3.63) is 59.7 Å². The quantitative estimate of drug-likeness (QED) is 0.828. The number of anilines is 1. The molecule has 3 nitrogen and oxygen atoms in total. The fourth-order valence-electron chi connectivity index (χ4n) is 2.18. The molecule has 0 aliphatic carbocycles. The molecule has 0 unspecified atom stereocenters. The topological polar surface area (TPSA) is 45.0 Å². The highest BCUT2D eigenvalue weighted by molar-refractivity contribution is 5.46. The predicted molar refractivity (Wildman–Crippen MR) is 85.3 cm³/mol. The number of nitrogens with zero attached hydrogens (tertiary/aromatic N) is 1. The maximum absolute atomic E-state index is 8.61. The lowest BCUT2D eigenvalue weighted by Crippen LogP contribution is -2.03. The van der Waals surface area contributed by atoms with Crippen LogP contribution >= 0.6 is 0 Å². The van der Waals surface area contributed by atoms with Gasteiger partial charge in [-0.3, -0.25) is 0 Å². The fourth-order valence-corrected chi connectivity index (χ4v) is 2.18. The Balaban J connectivity index is 1.98. The summed E-state index contributed by atoms with van der Waals surface area (Å²) in [7, 11) is 0. The Morgan fingerprint density at radius 3 is 2.57 bits per heavy atom. The summed E-state index contributed by atoms with van der Waals surface area (Å²) in [6.07, 6.45) is 2.28. The third-order valence-corrected chi connectivity index (χ3v) is 3.24. The number of rotatable bonds is 7. The first-order valence-corrected chi connectivity index (χ1v) is 7.24. The van der Waals surface area contributed by atoms with Crippen molar-refractivity contribution in [1.29, 1.82) is 5.26 Å². The third-order valence-electron chi connectivity index (χ3n) is 3.24. The van der Waals surface area contributed by atoms with Crippen LogP contribution in [0.1, 0.15) is 24.5 Å². The molecule has 0 atom stereocenters. The van der Waals surface area contributed by atoms with Gasteiger partial charge in [-0.1, -0.05) is 43.7 Å². The summed E-state index contributed by atoms with van der Waals surface area (Å²) >= 11 is 0. The summed E-state index contributed by atoms with van der Waals surface area (Å²) in [5.41, 5.74) is 3.50. The lowest BCUT2D eigenvalue weighted by Gasteiger charge is -2.11. The minimum Gasteiger partial charge on any atom is -0.478 e. The summed E-state index contributed by atoms with van der Waals surface area (Å²) < 4.78 is 5.42. The number of ether oxygens (including phenoxy) is 1. The summed E-state index contributed by atoms with van der Waals surface area (Å²) in [5.74, 6) is 0.758. The van der Waals surface area contributed by atoms with Gasteiger partial charge in [-0.2, -0.15) is 5.26 Å². The highest BCUT2D eigenvalue weighted by Gasteiger charge is 2.02. The normalized spacial score (nSPS) is 9.90. The van der Waals surface area contributed by atoms with Gasteiger partial charge in [0.15, 0.2) is 6.61 Å². The van der Waals surface area contributed by atoms with Gasteiger partial charge in [0.05, 0.1) is 0 Å². The Morgan fingerprint density at radius 1 is 1.10 bits per heavy atom. The summed E-state index contributed by atoms with van der Waals surface area (Å²) in [6, 6.07) is 18.3. The van der Waals surface area contributed by atoms with E-state index in [1.54, 1.807) is 0 Å². The lowest BCUT2D eigenvalue weighted by molar-refractivity contribution is 0.364. The molecule has 0 aliphatic heterocycles. The summed E-state index contributed by atoms with van der Waals surface area (Å²) in [6.45, 7) is 2.93. The Kier molecular flexibility index (Phi) is 5.66. The minimum atomic E-state index is 0.0722. The molecule has 0 heterocycles. The fraction of sp³-hybridized carbons (Fsp3) is 0.278. The van der Waals surface area contributed by atoms with Crippen molar-refractivity contribution in [3.63, 3.8) is 0 Å². The van der Waals surface area contributed by atoms with Crippen LogP contribution in [0.5, 0.6) is 5.75 Å². The molecule has 2 aromatic carbocycles.